The molecule has 1 heterocycles. The van der Waals surface area contributed by atoms with Crippen LogP contribution in [-0.4, -0.2) is 31.4 Å². The first kappa shape index (κ1) is 29.1. The number of aromatic amines is 1. The number of aromatic nitrogens is 2. The summed E-state index contributed by atoms with van der Waals surface area (Å²) in [5.74, 6) is -0.278. The number of carbonyl (C=O) groups is 1. The number of fused-ring (bicyclic) bond motifs is 1. The molecule has 0 bridgehead atoms. The van der Waals surface area contributed by atoms with Crippen molar-refractivity contribution in [2.24, 2.45) is 0 Å². The molecule has 41 heavy (non-hydrogen) atoms. The number of hydrogen-bond donors (Lipinski definition) is 3. The van der Waals surface area contributed by atoms with E-state index in [1.165, 1.54) is 0 Å². The molecule has 11 heteroatoms. The summed E-state index contributed by atoms with van der Waals surface area (Å²) in [6.45, 7) is 0. The molecule has 210 valence electrons. The number of aliphatic carboxylic acids is 1. The lowest BCUT2D eigenvalue weighted by molar-refractivity contribution is -0.192. The number of ether oxygens (including phenoxy) is 1. The highest BCUT2D eigenvalue weighted by molar-refractivity contribution is 7.89. The number of hydrogen-bond acceptors (Lipinski definition) is 4. The number of nitrogens with one attached hydrogen (secondary N) is 2. The van der Waals surface area contributed by atoms with Crippen LogP contribution in [0, 0.1) is 0 Å². The lowest BCUT2D eigenvalue weighted by Crippen LogP contribution is -2.21. The Morgan fingerprint density at radius 2 is 1.54 bits per heavy atom. The summed E-state index contributed by atoms with van der Waals surface area (Å²) in [5.41, 5.74) is 4.67. The van der Waals surface area contributed by atoms with Gasteiger partial charge in [0.1, 0.15) is 28.3 Å². The number of nitrogens with zero attached hydrogens (tertiary/aromatic N) is 1. The Labute approximate surface area is 235 Å². The van der Waals surface area contributed by atoms with E-state index in [1.54, 1.807) is 5.41 Å². The minimum atomic E-state index is -5.08. The third kappa shape index (κ3) is 9.07. The lowest BCUT2D eigenvalue weighted by Gasteiger charge is -2.06. The molecule has 7 nitrogen and oxygen atoms in total. The Hall–Kier alpha value is -4.90. The largest absolute Gasteiger partial charge is 0.490 e. The zero-order chi connectivity index (χ0) is 29.2. The van der Waals surface area contributed by atoms with Gasteiger partial charge in [0, 0.05) is 17.5 Å². The van der Waals surface area contributed by atoms with Gasteiger partial charge in [0.05, 0.1) is 11.0 Å². The van der Waals surface area contributed by atoms with Crippen molar-refractivity contribution in [3.05, 3.63) is 125 Å². The molecular formula is C30H24F3N3O4S. The molecule has 0 fully saturated rings. The Morgan fingerprint density at radius 1 is 0.927 bits per heavy atom. The highest BCUT2D eigenvalue weighted by Gasteiger charge is 2.38. The van der Waals surface area contributed by atoms with Gasteiger partial charge in [0.15, 0.2) is 0 Å². The topological polar surface area (TPSA) is 104 Å². The number of carboxylic acids is 1. The molecular weight excluding hydrogens is 555 g/mol. The molecule has 0 amide bonds. The molecule has 0 aliphatic carbocycles. The maximum absolute atomic E-state index is 12.4. The van der Waals surface area contributed by atoms with Crippen LogP contribution in [0.2, 0.25) is 0 Å². The predicted molar refractivity (Wildman–Crippen MR) is 153 cm³/mol. The first-order valence-electron chi connectivity index (χ1n) is 12.2. The van der Waals surface area contributed by atoms with Gasteiger partial charge < -0.3 is 19.5 Å². The molecule has 0 saturated heterocycles. The lowest BCUT2D eigenvalue weighted by atomic mass is 10.1. The number of alkyl halides is 3. The monoisotopic (exact) mass is 579 g/mol. The molecule has 1 unspecified atom stereocenters. The highest BCUT2D eigenvalue weighted by Crippen LogP contribution is 2.23. The van der Waals surface area contributed by atoms with Gasteiger partial charge in [-0.1, -0.05) is 60.7 Å². The fourth-order valence-electron chi connectivity index (χ4n) is 3.56. The van der Waals surface area contributed by atoms with E-state index in [2.05, 4.69) is 9.71 Å². The van der Waals surface area contributed by atoms with Gasteiger partial charge in [0.2, 0.25) is 0 Å². The number of H-pyrrole nitrogens is 1. The van der Waals surface area contributed by atoms with E-state index in [0.29, 0.717) is 6.42 Å². The van der Waals surface area contributed by atoms with Crippen molar-refractivity contribution in [1.29, 1.82) is 0 Å². The van der Waals surface area contributed by atoms with Crippen LogP contribution in [0.4, 0.5) is 18.9 Å². The van der Waals surface area contributed by atoms with E-state index >= 15 is 0 Å². The minimum absolute atomic E-state index is 0.675. The van der Waals surface area contributed by atoms with Crippen LogP contribution in [0.3, 0.4) is 0 Å². The molecule has 0 radical (unpaired) electrons. The van der Waals surface area contributed by atoms with Crippen LogP contribution in [0.5, 0.6) is 11.5 Å². The maximum Gasteiger partial charge on any atom is 0.490 e. The molecule has 0 spiro atoms. The van der Waals surface area contributed by atoms with Crippen molar-refractivity contribution >= 4 is 39.8 Å². The third-order valence-corrected chi connectivity index (χ3v) is 6.27. The quantitative estimate of drug-likeness (QED) is 0.179. The third-order valence-electron chi connectivity index (χ3n) is 5.45. The van der Waals surface area contributed by atoms with E-state index in [9.17, 15) is 17.4 Å². The first-order chi connectivity index (χ1) is 19.7. The summed E-state index contributed by atoms with van der Waals surface area (Å²) < 4.78 is 53.0. The number of benzene rings is 4. The average Bonchev–Trinajstić information content (AvgIpc) is 3.35. The van der Waals surface area contributed by atoms with Crippen molar-refractivity contribution < 1.29 is 32.0 Å². The fraction of sp³-hybridized carbons (Fsp3) is 0.0667. The second-order valence-corrected chi connectivity index (χ2v) is 9.64. The summed E-state index contributed by atoms with van der Waals surface area (Å²) in [6.07, 6.45) is -2.57. The first-order valence-corrected chi connectivity index (χ1v) is 13.4. The summed E-state index contributed by atoms with van der Waals surface area (Å²) >= 11 is 0. The molecule has 0 aliphatic rings. The average molecular weight is 580 g/mol. The maximum atomic E-state index is 12.4. The van der Waals surface area contributed by atoms with E-state index in [-0.39, 0.29) is 0 Å². The van der Waals surface area contributed by atoms with E-state index in [1.807, 2.05) is 109 Å². The number of para-hydroxylation sites is 1. The molecule has 4 aromatic carbocycles. The van der Waals surface area contributed by atoms with Gasteiger partial charge in [0.25, 0.3) is 0 Å². The van der Waals surface area contributed by atoms with Crippen molar-refractivity contribution in [2.75, 3.05) is 4.72 Å². The van der Waals surface area contributed by atoms with Crippen molar-refractivity contribution in [2.45, 2.75) is 12.6 Å². The summed E-state index contributed by atoms with van der Waals surface area (Å²) in [4.78, 5) is 17.0. The molecule has 0 aliphatic heterocycles. The zero-order valence-corrected chi connectivity index (χ0v) is 22.2. The summed E-state index contributed by atoms with van der Waals surface area (Å²) in [7, 11) is -1.33. The van der Waals surface area contributed by atoms with Crippen LogP contribution in [0.15, 0.2) is 109 Å². The molecule has 1 aromatic heterocycles. The molecule has 0 saturated carbocycles. The molecule has 3 N–H and O–H groups in total. The summed E-state index contributed by atoms with van der Waals surface area (Å²) in [5, 5.41) is 8.77. The highest BCUT2D eigenvalue weighted by atomic mass is 32.2. The number of anilines is 1. The molecule has 5 rings (SSSR count). The predicted octanol–water partition coefficient (Wildman–Crippen LogP) is 7.33. The Bertz CT molecular complexity index is 1640. The van der Waals surface area contributed by atoms with Crippen molar-refractivity contribution in [1.82, 2.24) is 9.97 Å². The van der Waals surface area contributed by atoms with Gasteiger partial charge in [-0.15, -0.1) is 0 Å². The number of halogens is 3. The molecule has 1 atom stereocenters. The van der Waals surface area contributed by atoms with Gasteiger partial charge in [-0.2, -0.15) is 13.2 Å². The van der Waals surface area contributed by atoms with Crippen LogP contribution >= 0.6 is 0 Å². The van der Waals surface area contributed by atoms with Gasteiger partial charge in [-0.25, -0.2) is 14.0 Å². The number of imidazole rings is 1. The fourth-order valence-corrected chi connectivity index (χ4v) is 4.27. The second kappa shape index (κ2) is 13.4. The number of carboxylic acid groups (broad SMARTS) is 1. The van der Waals surface area contributed by atoms with Crippen molar-refractivity contribution in [3.63, 3.8) is 0 Å². The van der Waals surface area contributed by atoms with Crippen LogP contribution < -0.4 is 9.46 Å². The Kier molecular flexibility index (Phi) is 9.54. The summed E-state index contributed by atoms with van der Waals surface area (Å²) in [6, 6.07) is 33.3. The van der Waals surface area contributed by atoms with Gasteiger partial charge in [-0.3, -0.25) is 0 Å². The van der Waals surface area contributed by atoms with Gasteiger partial charge >= 0.3 is 12.1 Å². The van der Waals surface area contributed by atoms with Crippen LogP contribution in [-0.2, 0) is 22.2 Å². The van der Waals surface area contributed by atoms with E-state index < -0.39 is 23.1 Å². The Morgan fingerprint density at radius 3 is 2.17 bits per heavy atom. The van der Waals surface area contributed by atoms with E-state index in [4.69, 9.17) is 19.6 Å². The molecule has 5 aromatic rings. The van der Waals surface area contributed by atoms with Crippen molar-refractivity contribution in [3.8, 4) is 11.5 Å². The zero-order valence-electron chi connectivity index (χ0n) is 21.3. The van der Waals surface area contributed by atoms with E-state index in [0.717, 1.165) is 45.2 Å². The minimum Gasteiger partial charge on any atom is -0.475 e. The smallest absolute Gasteiger partial charge is 0.475 e. The second-order valence-electron chi connectivity index (χ2n) is 8.57. The Balaban J connectivity index is 0.000000493. The van der Waals surface area contributed by atoms with Crippen LogP contribution in [0.25, 0.3) is 17.1 Å². The van der Waals surface area contributed by atoms with Gasteiger partial charge in [-0.05, 0) is 59.7 Å². The number of rotatable bonds is 8. The standard InChI is InChI=1S/C28H23N3O2S.C2HF3O2/c32-34(18-17-21-7-3-1-4-8-21)31-23-13-16-26-27(20-23)30-28(29-26)19-22-11-14-25(15-12-22)33-24-9-5-2-6-10-24;3-2(4,5)1(6)7/h1-18,20,31H,19H2,(H,29,30);(H,6,7)/b18-17+;. The SMILES string of the molecule is O=C(O)C(F)(F)F.O=S(/C=C/c1ccccc1)Nc1ccc2nc(Cc3ccc(Oc4ccccc4)cc3)[nH]c2c1. The van der Waals surface area contributed by atoms with Crippen LogP contribution in [0.1, 0.15) is 17.0 Å². The normalized spacial score (nSPS) is 12.0.